The van der Waals surface area contributed by atoms with Gasteiger partial charge in [0.15, 0.2) is 0 Å². The Morgan fingerprint density at radius 2 is 2.00 bits per heavy atom. The normalized spacial score (nSPS) is 22.7. The molecule has 0 amide bonds. The van der Waals surface area contributed by atoms with Crippen molar-refractivity contribution in [3.8, 4) is 0 Å². The van der Waals surface area contributed by atoms with Gasteiger partial charge in [0.05, 0.1) is 0 Å². The first-order chi connectivity index (χ1) is 9.49. The molecule has 0 aliphatic carbocycles. The molecule has 1 aliphatic rings. The largest absolute Gasteiger partial charge is 0.313 e. The van der Waals surface area contributed by atoms with Crippen molar-refractivity contribution in [1.82, 2.24) is 10.2 Å². The molecule has 0 radical (unpaired) electrons. The highest BCUT2D eigenvalue weighted by Crippen LogP contribution is 2.23. The van der Waals surface area contributed by atoms with Gasteiger partial charge in [0.25, 0.3) is 0 Å². The molecule has 2 heteroatoms. The zero-order chi connectivity index (χ0) is 14.6. The van der Waals surface area contributed by atoms with E-state index in [4.69, 9.17) is 0 Å². The maximum absolute atomic E-state index is 3.78. The third kappa shape index (κ3) is 4.07. The summed E-state index contributed by atoms with van der Waals surface area (Å²) < 4.78 is 0. The lowest BCUT2D eigenvalue weighted by molar-refractivity contribution is 0.176. The van der Waals surface area contributed by atoms with E-state index in [1.54, 1.807) is 0 Å². The molecule has 0 aromatic heterocycles. The Morgan fingerprint density at radius 3 is 2.65 bits per heavy atom. The SMILES string of the molecule is CC(NCC(C)(C)c1ccccc1)C1CCCN(C)C1. The number of likely N-dealkylation sites (tertiary alicyclic amines) is 1. The highest BCUT2D eigenvalue weighted by atomic mass is 15.1. The molecule has 1 heterocycles. The van der Waals surface area contributed by atoms with Gasteiger partial charge in [0, 0.05) is 24.5 Å². The molecule has 1 aromatic rings. The van der Waals surface area contributed by atoms with Crippen molar-refractivity contribution in [3.05, 3.63) is 35.9 Å². The molecule has 0 saturated carbocycles. The molecular weight excluding hydrogens is 244 g/mol. The second-order valence-corrected chi connectivity index (χ2v) is 7.08. The monoisotopic (exact) mass is 274 g/mol. The summed E-state index contributed by atoms with van der Waals surface area (Å²) >= 11 is 0. The topological polar surface area (TPSA) is 15.3 Å². The van der Waals surface area contributed by atoms with Crippen LogP contribution in [0.5, 0.6) is 0 Å². The van der Waals surface area contributed by atoms with E-state index in [1.165, 1.54) is 31.5 Å². The Balaban J connectivity index is 1.87. The molecule has 0 spiro atoms. The lowest BCUT2D eigenvalue weighted by atomic mass is 9.83. The van der Waals surface area contributed by atoms with Crippen LogP contribution in [0.1, 0.15) is 39.2 Å². The first-order valence-electron chi connectivity index (χ1n) is 7.96. The van der Waals surface area contributed by atoms with Crippen molar-refractivity contribution >= 4 is 0 Å². The summed E-state index contributed by atoms with van der Waals surface area (Å²) in [5.41, 5.74) is 1.61. The lowest BCUT2D eigenvalue weighted by Gasteiger charge is -2.36. The Hall–Kier alpha value is -0.860. The van der Waals surface area contributed by atoms with Gasteiger partial charge in [-0.05, 0) is 44.8 Å². The average molecular weight is 274 g/mol. The first kappa shape index (κ1) is 15.5. The van der Waals surface area contributed by atoms with Gasteiger partial charge in [-0.2, -0.15) is 0 Å². The molecule has 1 aliphatic heterocycles. The molecular formula is C18H30N2. The lowest BCUT2D eigenvalue weighted by Crippen LogP contribution is -2.46. The number of rotatable bonds is 5. The summed E-state index contributed by atoms with van der Waals surface area (Å²) in [7, 11) is 2.24. The molecule has 2 unspecified atom stereocenters. The molecule has 2 atom stereocenters. The first-order valence-corrected chi connectivity index (χ1v) is 7.96. The van der Waals surface area contributed by atoms with E-state index < -0.39 is 0 Å². The van der Waals surface area contributed by atoms with Crippen LogP contribution in [0.3, 0.4) is 0 Å². The Bertz CT molecular complexity index is 399. The van der Waals surface area contributed by atoms with E-state index in [2.05, 4.69) is 68.4 Å². The third-order valence-electron chi connectivity index (χ3n) is 4.79. The highest BCUT2D eigenvalue weighted by Gasteiger charge is 2.25. The van der Waals surface area contributed by atoms with Crippen molar-refractivity contribution in [1.29, 1.82) is 0 Å². The van der Waals surface area contributed by atoms with Crippen LogP contribution in [-0.4, -0.2) is 37.6 Å². The minimum atomic E-state index is 0.191. The van der Waals surface area contributed by atoms with E-state index in [9.17, 15) is 0 Å². The standard InChI is InChI=1S/C18H30N2/c1-15(16-9-8-12-20(4)13-16)19-14-18(2,3)17-10-6-5-7-11-17/h5-7,10-11,15-16,19H,8-9,12-14H2,1-4H3. The second kappa shape index (κ2) is 6.73. The zero-order valence-corrected chi connectivity index (χ0v) is 13.5. The smallest absolute Gasteiger partial charge is 0.00795 e. The van der Waals surface area contributed by atoms with Crippen molar-refractivity contribution in [2.24, 2.45) is 5.92 Å². The molecule has 20 heavy (non-hydrogen) atoms. The van der Waals surface area contributed by atoms with Crippen LogP contribution in [0.4, 0.5) is 0 Å². The highest BCUT2D eigenvalue weighted by molar-refractivity contribution is 5.23. The number of hydrogen-bond donors (Lipinski definition) is 1. The van der Waals surface area contributed by atoms with Crippen molar-refractivity contribution in [2.45, 2.75) is 45.1 Å². The van der Waals surface area contributed by atoms with Crippen LogP contribution < -0.4 is 5.32 Å². The van der Waals surface area contributed by atoms with Gasteiger partial charge in [0.1, 0.15) is 0 Å². The van der Waals surface area contributed by atoms with E-state index in [-0.39, 0.29) is 5.41 Å². The number of nitrogens with one attached hydrogen (secondary N) is 1. The molecule has 1 fully saturated rings. The minimum Gasteiger partial charge on any atom is -0.313 e. The predicted octanol–water partition coefficient (Wildman–Crippen LogP) is 3.28. The van der Waals surface area contributed by atoms with Crippen LogP contribution in [0.25, 0.3) is 0 Å². The Kier molecular flexibility index (Phi) is 5.22. The zero-order valence-electron chi connectivity index (χ0n) is 13.5. The summed E-state index contributed by atoms with van der Waals surface area (Å²) in [6.45, 7) is 10.5. The average Bonchev–Trinajstić information content (AvgIpc) is 2.46. The quantitative estimate of drug-likeness (QED) is 0.886. The van der Waals surface area contributed by atoms with Crippen molar-refractivity contribution in [3.63, 3.8) is 0 Å². The van der Waals surface area contributed by atoms with E-state index in [1.807, 2.05) is 0 Å². The molecule has 112 valence electrons. The summed E-state index contributed by atoms with van der Waals surface area (Å²) in [6.07, 6.45) is 2.71. The summed E-state index contributed by atoms with van der Waals surface area (Å²) in [5.74, 6) is 0.792. The maximum atomic E-state index is 3.78. The van der Waals surface area contributed by atoms with Crippen LogP contribution in [-0.2, 0) is 5.41 Å². The molecule has 1 N–H and O–H groups in total. The van der Waals surface area contributed by atoms with Crippen LogP contribution in [0.15, 0.2) is 30.3 Å². The molecule has 2 rings (SSSR count). The number of nitrogens with zero attached hydrogens (tertiary/aromatic N) is 1. The van der Waals surface area contributed by atoms with E-state index in [0.29, 0.717) is 6.04 Å². The van der Waals surface area contributed by atoms with Gasteiger partial charge in [-0.15, -0.1) is 0 Å². The van der Waals surface area contributed by atoms with Crippen molar-refractivity contribution in [2.75, 3.05) is 26.7 Å². The van der Waals surface area contributed by atoms with Crippen LogP contribution in [0.2, 0.25) is 0 Å². The Labute approximate surface area is 124 Å². The predicted molar refractivity (Wildman–Crippen MR) is 87.2 cm³/mol. The Morgan fingerprint density at radius 1 is 1.30 bits per heavy atom. The van der Waals surface area contributed by atoms with Gasteiger partial charge >= 0.3 is 0 Å². The fourth-order valence-electron chi connectivity index (χ4n) is 3.19. The molecule has 1 saturated heterocycles. The maximum Gasteiger partial charge on any atom is 0.00795 e. The fraction of sp³-hybridized carbons (Fsp3) is 0.667. The number of benzene rings is 1. The third-order valence-corrected chi connectivity index (χ3v) is 4.79. The van der Waals surface area contributed by atoms with Crippen LogP contribution in [0, 0.1) is 5.92 Å². The fourth-order valence-corrected chi connectivity index (χ4v) is 3.19. The van der Waals surface area contributed by atoms with Gasteiger partial charge in [-0.25, -0.2) is 0 Å². The second-order valence-electron chi connectivity index (χ2n) is 7.08. The van der Waals surface area contributed by atoms with E-state index in [0.717, 1.165) is 12.5 Å². The molecule has 0 bridgehead atoms. The van der Waals surface area contributed by atoms with Crippen molar-refractivity contribution < 1.29 is 0 Å². The number of hydrogen-bond acceptors (Lipinski definition) is 2. The summed E-state index contributed by atoms with van der Waals surface area (Å²) in [5, 5.41) is 3.78. The van der Waals surface area contributed by atoms with E-state index >= 15 is 0 Å². The summed E-state index contributed by atoms with van der Waals surface area (Å²) in [4.78, 5) is 2.47. The molecule has 2 nitrogen and oxygen atoms in total. The van der Waals surface area contributed by atoms with Gasteiger partial charge < -0.3 is 10.2 Å². The minimum absolute atomic E-state index is 0.191. The van der Waals surface area contributed by atoms with Gasteiger partial charge in [-0.1, -0.05) is 44.2 Å². The van der Waals surface area contributed by atoms with Gasteiger partial charge in [0.2, 0.25) is 0 Å². The van der Waals surface area contributed by atoms with Gasteiger partial charge in [-0.3, -0.25) is 0 Å². The molecule has 1 aromatic carbocycles. The number of piperidine rings is 1. The van der Waals surface area contributed by atoms with Crippen LogP contribution >= 0.6 is 0 Å². The summed E-state index contributed by atoms with van der Waals surface area (Å²) in [6, 6.07) is 11.4.